The molecular formula is C15H24N2O2. The number of para-hydroxylation sites is 1. The van der Waals surface area contributed by atoms with E-state index in [9.17, 15) is 5.11 Å². The van der Waals surface area contributed by atoms with Crippen LogP contribution in [0.2, 0.25) is 0 Å². The van der Waals surface area contributed by atoms with E-state index in [1.54, 1.807) is 0 Å². The Labute approximate surface area is 115 Å². The highest BCUT2D eigenvalue weighted by atomic mass is 16.3. The van der Waals surface area contributed by atoms with Crippen molar-refractivity contribution in [1.82, 2.24) is 5.32 Å². The van der Waals surface area contributed by atoms with Crippen molar-refractivity contribution >= 4 is 5.69 Å². The van der Waals surface area contributed by atoms with E-state index >= 15 is 0 Å². The van der Waals surface area contributed by atoms with Crippen LogP contribution < -0.4 is 10.2 Å². The summed E-state index contributed by atoms with van der Waals surface area (Å²) < 4.78 is 0. The average molecular weight is 264 g/mol. The van der Waals surface area contributed by atoms with Crippen LogP contribution in [0.1, 0.15) is 31.4 Å². The summed E-state index contributed by atoms with van der Waals surface area (Å²) in [6, 6.07) is 8.75. The molecule has 4 nitrogen and oxygen atoms in total. The van der Waals surface area contributed by atoms with Crippen molar-refractivity contribution in [2.45, 2.75) is 31.9 Å². The summed E-state index contributed by atoms with van der Waals surface area (Å²) in [5.74, 6) is 0. The highest BCUT2D eigenvalue weighted by molar-refractivity contribution is 5.56. The van der Waals surface area contributed by atoms with Crippen molar-refractivity contribution in [3.63, 3.8) is 0 Å². The number of aliphatic hydroxyl groups excluding tert-OH is 2. The van der Waals surface area contributed by atoms with Crippen molar-refractivity contribution < 1.29 is 10.2 Å². The van der Waals surface area contributed by atoms with E-state index in [-0.39, 0.29) is 6.61 Å². The lowest BCUT2D eigenvalue weighted by molar-refractivity contribution is 0.0999. The zero-order valence-corrected chi connectivity index (χ0v) is 11.5. The molecule has 0 aromatic heterocycles. The predicted molar refractivity (Wildman–Crippen MR) is 77.4 cm³/mol. The number of benzene rings is 1. The van der Waals surface area contributed by atoms with Crippen molar-refractivity contribution in [2.24, 2.45) is 0 Å². The molecule has 0 radical (unpaired) electrons. The lowest BCUT2D eigenvalue weighted by Gasteiger charge is -2.27. The Hall–Kier alpha value is -1.10. The number of hydrogen-bond donors (Lipinski definition) is 3. The monoisotopic (exact) mass is 264 g/mol. The minimum Gasteiger partial charge on any atom is -0.394 e. The van der Waals surface area contributed by atoms with Crippen molar-refractivity contribution in [3.05, 3.63) is 29.8 Å². The second-order valence-corrected chi connectivity index (χ2v) is 5.09. The van der Waals surface area contributed by atoms with Gasteiger partial charge in [-0.05, 0) is 31.0 Å². The number of nitrogens with zero attached hydrogens (tertiary/aromatic N) is 1. The molecule has 2 atom stereocenters. The largest absolute Gasteiger partial charge is 0.394 e. The summed E-state index contributed by atoms with van der Waals surface area (Å²) in [5.41, 5.74) is 2.48. The van der Waals surface area contributed by atoms with Gasteiger partial charge >= 0.3 is 0 Å². The Morgan fingerprint density at radius 1 is 1.42 bits per heavy atom. The molecule has 0 aliphatic carbocycles. The molecule has 106 valence electrons. The molecule has 2 unspecified atom stereocenters. The van der Waals surface area contributed by atoms with Crippen LogP contribution in [0.25, 0.3) is 0 Å². The van der Waals surface area contributed by atoms with Gasteiger partial charge in [0.1, 0.15) is 0 Å². The molecule has 4 heteroatoms. The van der Waals surface area contributed by atoms with Crippen LogP contribution in [-0.4, -0.2) is 42.6 Å². The maximum Gasteiger partial charge on any atom is 0.0945 e. The highest BCUT2D eigenvalue weighted by Crippen LogP contribution is 2.32. The van der Waals surface area contributed by atoms with Crippen molar-refractivity contribution in [3.8, 4) is 0 Å². The Kier molecular flexibility index (Phi) is 5.19. The Bertz CT molecular complexity index is 397. The number of anilines is 1. The highest BCUT2D eigenvalue weighted by Gasteiger charge is 2.23. The van der Waals surface area contributed by atoms with Gasteiger partial charge in [-0.2, -0.15) is 0 Å². The molecule has 0 fully saturated rings. The second kappa shape index (κ2) is 6.89. The number of hydrogen-bond acceptors (Lipinski definition) is 4. The molecule has 1 aromatic rings. The Balaban J connectivity index is 2.25. The van der Waals surface area contributed by atoms with Crippen LogP contribution >= 0.6 is 0 Å². The van der Waals surface area contributed by atoms with Gasteiger partial charge in [0.05, 0.1) is 12.7 Å². The van der Waals surface area contributed by atoms with E-state index in [0.717, 1.165) is 25.9 Å². The van der Waals surface area contributed by atoms with Crippen LogP contribution in [0.3, 0.4) is 0 Å². The third-order valence-electron chi connectivity index (χ3n) is 3.67. The molecule has 3 N–H and O–H groups in total. The molecule has 1 heterocycles. The third-order valence-corrected chi connectivity index (χ3v) is 3.67. The molecule has 0 spiro atoms. The first-order chi connectivity index (χ1) is 9.26. The molecule has 0 amide bonds. The first-order valence-electron chi connectivity index (χ1n) is 7.12. The minimum atomic E-state index is -0.677. The standard InChI is InChI=1S/C15H24N2O2/c1-2-16-14-7-5-9-17(10-12(19)11-18)15-8-4-3-6-13(14)15/h3-4,6,8,12,14,16,18-19H,2,5,7,9-11H2,1H3. The molecule has 0 saturated carbocycles. The fourth-order valence-corrected chi connectivity index (χ4v) is 2.79. The molecule has 1 aliphatic heterocycles. The predicted octanol–water partition coefficient (Wildman–Crippen LogP) is 1.29. The van der Waals surface area contributed by atoms with E-state index < -0.39 is 6.10 Å². The molecule has 0 saturated heterocycles. The van der Waals surface area contributed by atoms with E-state index in [4.69, 9.17) is 5.11 Å². The van der Waals surface area contributed by atoms with Crippen molar-refractivity contribution in [2.75, 3.05) is 31.1 Å². The topological polar surface area (TPSA) is 55.7 Å². The quantitative estimate of drug-likeness (QED) is 0.750. The molecular weight excluding hydrogens is 240 g/mol. The fraction of sp³-hybridized carbons (Fsp3) is 0.600. The van der Waals surface area contributed by atoms with Crippen LogP contribution in [0.5, 0.6) is 0 Å². The number of aliphatic hydroxyl groups is 2. The lowest BCUT2D eigenvalue weighted by Crippen LogP contribution is -2.35. The summed E-state index contributed by atoms with van der Waals surface area (Å²) in [6.45, 7) is 4.32. The van der Waals surface area contributed by atoms with Crippen LogP contribution in [-0.2, 0) is 0 Å². The summed E-state index contributed by atoms with van der Waals surface area (Å²) >= 11 is 0. The number of β-amino-alcohol motifs (C(OH)–C–C–N with tert-alkyl or cyclic N) is 1. The summed E-state index contributed by atoms with van der Waals surface area (Å²) in [4.78, 5) is 2.19. The normalized spacial score (nSPS) is 20.8. The second-order valence-electron chi connectivity index (χ2n) is 5.09. The molecule has 2 rings (SSSR count). The summed E-state index contributed by atoms with van der Waals surface area (Å²) in [5, 5.41) is 22.3. The van der Waals surface area contributed by atoms with Gasteiger partial charge in [0.15, 0.2) is 0 Å². The lowest BCUT2D eigenvalue weighted by atomic mass is 10.0. The smallest absolute Gasteiger partial charge is 0.0945 e. The van der Waals surface area contributed by atoms with Gasteiger partial charge in [0, 0.05) is 24.8 Å². The molecule has 0 bridgehead atoms. The van der Waals surface area contributed by atoms with Gasteiger partial charge < -0.3 is 20.4 Å². The van der Waals surface area contributed by atoms with Crippen LogP contribution in [0, 0.1) is 0 Å². The first-order valence-corrected chi connectivity index (χ1v) is 7.12. The van der Waals surface area contributed by atoms with Gasteiger partial charge in [-0.25, -0.2) is 0 Å². The van der Waals surface area contributed by atoms with Gasteiger partial charge in [0.2, 0.25) is 0 Å². The zero-order valence-electron chi connectivity index (χ0n) is 11.5. The molecule has 1 aliphatic rings. The van der Waals surface area contributed by atoms with Gasteiger partial charge in [-0.3, -0.25) is 0 Å². The number of nitrogens with one attached hydrogen (secondary N) is 1. The van der Waals surface area contributed by atoms with Crippen LogP contribution in [0.4, 0.5) is 5.69 Å². The van der Waals surface area contributed by atoms with Gasteiger partial charge in [0.25, 0.3) is 0 Å². The Morgan fingerprint density at radius 3 is 2.95 bits per heavy atom. The first kappa shape index (κ1) is 14.3. The molecule has 1 aromatic carbocycles. The molecule has 19 heavy (non-hydrogen) atoms. The zero-order chi connectivity index (χ0) is 13.7. The van der Waals surface area contributed by atoms with Crippen LogP contribution in [0.15, 0.2) is 24.3 Å². The van der Waals surface area contributed by atoms with E-state index in [2.05, 4.69) is 35.3 Å². The van der Waals surface area contributed by atoms with Gasteiger partial charge in [-0.1, -0.05) is 25.1 Å². The maximum atomic E-state index is 9.69. The van der Waals surface area contributed by atoms with E-state index in [0.29, 0.717) is 12.6 Å². The van der Waals surface area contributed by atoms with Crippen molar-refractivity contribution in [1.29, 1.82) is 0 Å². The maximum absolute atomic E-state index is 9.69. The summed E-state index contributed by atoms with van der Waals surface area (Å²) in [6.07, 6.45) is 1.52. The SMILES string of the molecule is CCNC1CCCN(CC(O)CO)c2ccccc21. The number of rotatable bonds is 5. The van der Waals surface area contributed by atoms with E-state index in [1.165, 1.54) is 11.3 Å². The fourth-order valence-electron chi connectivity index (χ4n) is 2.79. The average Bonchev–Trinajstić information content (AvgIpc) is 2.60. The van der Waals surface area contributed by atoms with Gasteiger partial charge in [-0.15, -0.1) is 0 Å². The minimum absolute atomic E-state index is 0.185. The number of fused-ring (bicyclic) bond motifs is 1. The third kappa shape index (κ3) is 3.47. The summed E-state index contributed by atoms with van der Waals surface area (Å²) in [7, 11) is 0. The van der Waals surface area contributed by atoms with E-state index in [1.807, 2.05) is 6.07 Å². The Morgan fingerprint density at radius 2 is 2.21 bits per heavy atom.